The van der Waals surface area contributed by atoms with Crippen LogP contribution in [-0.4, -0.2) is 17.6 Å². The first-order valence-electron chi connectivity index (χ1n) is 6.75. The van der Waals surface area contributed by atoms with Crippen LogP contribution < -0.4 is 5.32 Å². The topological polar surface area (TPSA) is 24.9 Å². The van der Waals surface area contributed by atoms with E-state index < -0.39 is 0 Å². The van der Waals surface area contributed by atoms with Crippen LogP contribution in [0.25, 0.3) is 0 Å². The molecule has 0 saturated heterocycles. The summed E-state index contributed by atoms with van der Waals surface area (Å²) in [6.45, 7) is 3.03. The van der Waals surface area contributed by atoms with Gasteiger partial charge in [0.25, 0.3) is 0 Å². The standard InChI is InChI=1S/C16H18Cl2N2/c1-2-20-15(8-12-4-3-7-19-11-12)10-13-9-14(17)5-6-16(13)18/h3-7,9,11,15,20H,2,8,10H2,1H3. The van der Waals surface area contributed by atoms with Crippen molar-refractivity contribution in [1.29, 1.82) is 0 Å². The molecule has 0 amide bonds. The Labute approximate surface area is 130 Å². The van der Waals surface area contributed by atoms with Gasteiger partial charge in [0.15, 0.2) is 0 Å². The van der Waals surface area contributed by atoms with Gasteiger partial charge in [-0.2, -0.15) is 0 Å². The highest BCUT2D eigenvalue weighted by molar-refractivity contribution is 6.33. The van der Waals surface area contributed by atoms with Gasteiger partial charge in [-0.25, -0.2) is 0 Å². The molecule has 106 valence electrons. The fourth-order valence-corrected chi connectivity index (χ4v) is 2.66. The third-order valence-corrected chi connectivity index (χ3v) is 3.78. The van der Waals surface area contributed by atoms with Crippen LogP contribution in [-0.2, 0) is 12.8 Å². The lowest BCUT2D eigenvalue weighted by atomic mass is 10.00. The highest BCUT2D eigenvalue weighted by atomic mass is 35.5. The van der Waals surface area contributed by atoms with Crippen LogP contribution in [0.1, 0.15) is 18.1 Å². The molecule has 0 spiro atoms. The number of halogens is 2. The van der Waals surface area contributed by atoms with Crippen LogP contribution in [0, 0.1) is 0 Å². The van der Waals surface area contributed by atoms with Crippen molar-refractivity contribution in [2.45, 2.75) is 25.8 Å². The maximum absolute atomic E-state index is 6.24. The van der Waals surface area contributed by atoms with Crippen molar-refractivity contribution in [3.63, 3.8) is 0 Å². The summed E-state index contributed by atoms with van der Waals surface area (Å²) < 4.78 is 0. The number of benzene rings is 1. The molecule has 0 aliphatic heterocycles. The summed E-state index contributed by atoms with van der Waals surface area (Å²) in [6.07, 6.45) is 5.47. The predicted molar refractivity (Wildman–Crippen MR) is 85.6 cm³/mol. The van der Waals surface area contributed by atoms with Crippen molar-refractivity contribution in [1.82, 2.24) is 10.3 Å². The van der Waals surface area contributed by atoms with Crippen LogP contribution in [0.5, 0.6) is 0 Å². The Hall–Kier alpha value is -1.09. The number of rotatable bonds is 6. The quantitative estimate of drug-likeness (QED) is 0.867. The van der Waals surface area contributed by atoms with Gasteiger partial charge in [0.2, 0.25) is 0 Å². The molecule has 2 rings (SSSR count). The molecular formula is C16H18Cl2N2. The number of hydrogen-bond acceptors (Lipinski definition) is 2. The first-order chi connectivity index (χ1) is 9.69. The van der Waals surface area contributed by atoms with Crippen LogP contribution in [0.4, 0.5) is 0 Å². The van der Waals surface area contributed by atoms with E-state index in [9.17, 15) is 0 Å². The number of pyridine rings is 1. The Kier molecular flexibility index (Phi) is 5.84. The molecule has 2 aromatic rings. The Bertz CT molecular complexity index is 543. The Morgan fingerprint density at radius 1 is 1.20 bits per heavy atom. The first kappa shape index (κ1) is 15.3. The molecule has 4 heteroatoms. The van der Waals surface area contributed by atoms with E-state index >= 15 is 0 Å². The van der Waals surface area contributed by atoms with E-state index in [-0.39, 0.29) is 0 Å². The largest absolute Gasteiger partial charge is 0.314 e. The first-order valence-corrected chi connectivity index (χ1v) is 7.51. The number of nitrogens with one attached hydrogen (secondary N) is 1. The molecule has 1 aromatic heterocycles. The van der Waals surface area contributed by atoms with E-state index in [0.29, 0.717) is 6.04 Å². The fraction of sp³-hybridized carbons (Fsp3) is 0.312. The summed E-state index contributed by atoms with van der Waals surface area (Å²) >= 11 is 12.3. The van der Waals surface area contributed by atoms with Crippen molar-refractivity contribution in [3.05, 3.63) is 63.9 Å². The molecule has 0 aliphatic carbocycles. The normalized spacial score (nSPS) is 12.3. The lowest BCUT2D eigenvalue weighted by Gasteiger charge is -2.19. The zero-order valence-electron chi connectivity index (χ0n) is 11.4. The van der Waals surface area contributed by atoms with Gasteiger partial charge in [0.1, 0.15) is 0 Å². The van der Waals surface area contributed by atoms with Crippen molar-refractivity contribution < 1.29 is 0 Å². The van der Waals surface area contributed by atoms with Gasteiger partial charge in [0.05, 0.1) is 0 Å². The molecule has 0 bridgehead atoms. The molecule has 1 atom stereocenters. The van der Waals surface area contributed by atoms with E-state index in [2.05, 4.69) is 23.3 Å². The maximum Gasteiger partial charge on any atom is 0.0439 e. The lowest BCUT2D eigenvalue weighted by Crippen LogP contribution is -2.33. The molecule has 20 heavy (non-hydrogen) atoms. The van der Waals surface area contributed by atoms with Crippen molar-refractivity contribution in [3.8, 4) is 0 Å². The van der Waals surface area contributed by atoms with Gasteiger partial charge >= 0.3 is 0 Å². The third kappa shape index (κ3) is 4.48. The van der Waals surface area contributed by atoms with Crippen LogP contribution in [0.2, 0.25) is 10.0 Å². The Morgan fingerprint density at radius 3 is 2.75 bits per heavy atom. The highest BCUT2D eigenvalue weighted by Gasteiger charge is 2.12. The van der Waals surface area contributed by atoms with Gasteiger partial charge in [-0.15, -0.1) is 0 Å². The summed E-state index contributed by atoms with van der Waals surface area (Å²) in [5, 5.41) is 4.99. The highest BCUT2D eigenvalue weighted by Crippen LogP contribution is 2.22. The monoisotopic (exact) mass is 308 g/mol. The molecule has 0 saturated carbocycles. The van der Waals surface area contributed by atoms with E-state index in [1.54, 1.807) is 6.20 Å². The van der Waals surface area contributed by atoms with E-state index in [4.69, 9.17) is 23.2 Å². The molecular weight excluding hydrogens is 291 g/mol. The minimum Gasteiger partial charge on any atom is -0.314 e. The number of hydrogen-bond donors (Lipinski definition) is 1. The minimum absolute atomic E-state index is 0.320. The minimum atomic E-state index is 0.320. The van der Waals surface area contributed by atoms with Crippen molar-refractivity contribution in [2.24, 2.45) is 0 Å². The molecule has 1 N–H and O–H groups in total. The number of aromatic nitrogens is 1. The second kappa shape index (κ2) is 7.63. The molecule has 1 aromatic carbocycles. The van der Waals surface area contributed by atoms with Crippen molar-refractivity contribution >= 4 is 23.2 Å². The summed E-state index contributed by atoms with van der Waals surface area (Å²) in [6, 6.07) is 9.99. The molecule has 2 nitrogen and oxygen atoms in total. The molecule has 1 unspecified atom stereocenters. The average Bonchev–Trinajstić information content (AvgIpc) is 2.44. The maximum atomic E-state index is 6.24. The van der Waals surface area contributed by atoms with Gasteiger partial charge in [-0.05, 0) is 54.8 Å². The molecule has 0 radical (unpaired) electrons. The van der Waals surface area contributed by atoms with Gasteiger partial charge < -0.3 is 5.32 Å². The average molecular weight is 309 g/mol. The second-order valence-corrected chi connectivity index (χ2v) is 5.60. The summed E-state index contributed by atoms with van der Waals surface area (Å²) in [4.78, 5) is 4.16. The van der Waals surface area contributed by atoms with E-state index in [1.807, 2.05) is 30.5 Å². The van der Waals surface area contributed by atoms with Crippen LogP contribution in [0.3, 0.4) is 0 Å². The summed E-state index contributed by atoms with van der Waals surface area (Å²) in [7, 11) is 0. The summed E-state index contributed by atoms with van der Waals surface area (Å²) in [5.74, 6) is 0. The van der Waals surface area contributed by atoms with Gasteiger partial charge in [-0.3, -0.25) is 4.98 Å². The zero-order chi connectivity index (χ0) is 14.4. The predicted octanol–water partition coefficient (Wildman–Crippen LogP) is 4.15. The Morgan fingerprint density at radius 2 is 2.05 bits per heavy atom. The lowest BCUT2D eigenvalue weighted by molar-refractivity contribution is 0.521. The number of nitrogens with zero attached hydrogens (tertiary/aromatic N) is 1. The van der Waals surface area contributed by atoms with Crippen LogP contribution >= 0.6 is 23.2 Å². The van der Waals surface area contributed by atoms with Crippen LogP contribution in [0.15, 0.2) is 42.7 Å². The van der Waals surface area contributed by atoms with E-state index in [1.165, 1.54) is 5.56 Å². The summed E-state index contributed by atoms with van der Waals surface area (Å²) in [5.41, 5.74) is 2.30. The number of likely N-dealkylation sites (N-methyl/N-ethyl adjacent to an activating group) is 1. The SMILES string of the molecule is CCNC(Cc1cccnc1)Cc1cc(Cl)ccc1Cl. The Balaban J connectivity index is 2.11. The molecule has 1 heterocycles. The second-order valence-electron chi connectivity index (χ2n) is 4.76. The molecule has 0 fully saturated rings. The zero-order valence-corrected chi connectivity index (χ0v) is 13.0. The fourth-order valence-electron chi connectivity index (χ4n) is 2.27. The van der Waals surface area contributed by atoms with Gasteiger partial charge in [0, 0.05) is 28.5 Å². The third-order valence-electron chi connectivity index (χ3n) is 3.17. The van der Waals surface area contributed by atoms with Gasteiger partial charge in [-0.1, -0.05) is 36.2 Å². The smallest absolute Gasteiger partial charge is 0.0439 e. The van der Waals surface area contributed by atoms with E-state index in [0.717, 1.165) is 35.0 Å². The molecule has 0 aliphatic rings. The van der Waals surface area contributed by atoms with Crippen molar-refractivity contribution in [2.75, 3.05) is 6.54 Å².